The van der Waals surface area contributed by atoms with Crippen molar-refractivity contribution in [2.45, 2.75) is 0 Å². The molecule has 3 rings (SSSR count). The van der Waals surface area contributed by atoms with Crippen LogP contribution in [0.3, 0.4) is 0 Å². The molecular formula is C12H15N3O4. The lowest BCUT2D eigenvalue weighted by molar-refractivity contribution is -0.384. The molecule has 1 aromatic carbocycles. The Kier molecular flexibility index (Phi) is 3.12. The number of nitrogens with zero attached hydrogens (tertiary/aromatic N) is 2. The third-order valence-electron chi connectivity index (χ3n) is 3.29. The Morgan fingerprint density at radius 1 is 1.16 bits per heavy atom. The highest BCUT2D eigenvalue weighted by molar-refractivity contribution is 5.70. The molecule has 0 aromatic heterocycles. The number of piperazine rings is 1. The zero-order valence-corrected chi connectivity index (χ0v) is 10.4. The minimum Gasteiger partial charge on any atom is -0.486 e. The first-order valence-electron chi connectivity index (χ1n) is 6.29. The van der Waals surface area contributed by atoms with Gasteiger partial charge in [-0.25, -0.2) is 0 Å². The highest BCUT2D eigenvalue weighted by atomic mass is 16.6. The SMILES string of the molecule is O=[N+]([O-])c1cc2c(cc1N1CCNCC1)OCCO2. The van der Waals surface area contributed by atoms with Crippen LogP contribution in [0.5, 0.6) is 11.5 Å². The fraction of sp³-hybridized carbons (Fsp3) is 0.500. The molecule has 0 amide bonds. The summed E-state index contributed by atoms with van der Waals surface area (Å²) in [6.07, 6.45) is 0. The van der Waals surface area contributed by atoms with Gasteiger partial charge in [0.15, 0.2) is 11.5 Å². The van der Waals surface area contributed by atoms with Crippen LogP contribution in [0.1, 0.15) is 0 Å². The molecule has 0 radical (unpaired) electrons. The van der Waals surface area contributed by atoms with Gasteiger partial charge >= 0.3 is 0 Å². The van der Waals surface area contributed by atoms with Gasteiger partial charge in [-0.15, -0.1) is 0 Å². The van der Waals surface area contributed by atoms with Gasteiger partial charge in [-0.2, -0.15) is 0 Å². The standard InChI is InChI=1S/C12H15N3O4/c16-15(17)10-8-12-11(18-5-6-19-12)7-9(10)14-3-1-13-2-4-14/h7-8,13H,1-6H2. The molecule has 1 N–H and O–H groups in total. The average Bonchev–Trinajstić information content (AvgIpc) is 2.46. The largest absolute Gasteiger partial charge is 0.486 e. The number of hydrogen-bond donors (Lipinski definition) is 1. The zero-order chi connectivity index (χ0) is 13.2. The van der Waals surface area contributed by atoms with E-state index in [1.54, 1.807) is 6.07 Å². The number of fused-ring (bicyclic) bond motifs is 1. The topological polar surface area (TPSA) is 76.9 Å². The molecule has 1 saturated heterocycles. The van der Waals surface area contributed by atoms with Gasteiger partial charge in [0, 0.05) is 32.2 Å². The number of anilines is 1. The second-order valence-corrected chi connectivity index (χ2v) is 4.48. The minimum atomic E-state index is -0.365. The van der Waals surface area contributed by atoms with E-state index in [0.717, 1.165) is 26.2 Å². The minimum absolute atomic E-state index is 0.0751. The van der Waals surface area contributed by atoms with E-state index in [-0.39, 0.29) is 10.6 Å². The van der Waals surface area contributed by atoms with E-state index in [4.69, 9.17) is 9.47 Å². The van der Waals surface area contributed by atoms with Crippen molar-refractivity contribution in [1.29, 1.82) is 0 Å². The summed E-state index contributed by atoms with van der Waals surface area (Å²) in [5.74, 6) is 1.04. The molecule has 102 valence electrons. The summed E-state index contributed by atoms with van der Waals surface area (Å²) in [6.45, 7) is 4.06. The molecule has 7 nitrogen and oxygen atoms in total. The Morgan fingerprint density at radius 3 is 2.42 bits per heavy atom. The third-order valence-corrected chi connectivity index (χ3v) is 3.29. The number of nitro groups is 1. The number of nitro benzene ring substituents is 1. The summed E-state index contributed by atoms with van der Waals surface area (Å²) in [4.78, 5) is 12.9. The van der Waals surface area contributed by atoms with Gasteiger partial charge in [0.1, 0.15) is 18.9 Å². The predicted octanol–water partition coefficient (Wildman–Crippen LogP) is 0.776. The van der Waals surface area contributed by atoms with E-state index in [1.165, 1.54) is 6.07 Å². The highest BCUT2D eigenvalue weighted by Crippen LogP contribution is 2.41. The van der Waals surface area contributed by atoms with Gasteiger partial charge in [-0.3, -0.25) is 10.1 Å². The number of hydrogen-bond acceptors (Lipinski definition) is 6. The molecule has 0 bridgehead atoms. The van der Waals surface area contributed by atoms with Crippen LogP contribution in [0, 0.1) is 10.1 Å². The molecular weight excluding hydrogens is 250 g/mol. The molecule has 0 saturated carbocycles. The van der Waals surface area contributed by atoms with Gasteiger partial charge in [0.25, 0.3) is 5.69 Å². The smallest absolute Gasteiger partial charge is 0.296 e. The maximum atomic E-state index is 11.2. The van der Waals surface area contributed by atoms with Crippen molar-refractivity contribution < 1.29 is 14.4 Å². The Balaban J connectivity index is 2.02. The molecule has 0 atom stereocenters. The van der Waals surface area contributed by atoms with Gasteiger partial charge < -0.3 is 19.7 Å². The van der Waals surface area contributed by atoms with E-state index in [0.29, 0.717) is 30.4 Å². The number of rotatable bonds is 2. The van der Waals surface area contributed by atoms with E-state index in [1.807, 2.05) is 4.90 Å². The number of nitrogens with one attached hydrogen (secondary N) is 1. The van der Waals surface area contributed by atoms with Crippen molar-refractivity contribution in [3.05, 3.63) is 22.2 Å². The van der Waals surface area contributed by atoms with Gasteiger partial charge in [0.05, 0.1) is 11.0 Å². The Bertz CT molecular complexity index is 500. The summed E-state index contributed by atoms with van der Waals surface area (Å²) < 4.78 is 10.9. The van der Waals surface area contributed by atoms with Crippen LogP contribution < -0.4 is 19.7 Å². The Morgan fingerprint density at radius 2 is 1.79 bits per heavy atom. The van der Waals surface area contributed by atoms with Gasteiger partial charge in [-0.05, 0) is 0 Å². The molecule has 1 fully saturated rings. The first-order chi connectivity index (χ1) is 9.25. The summed E-state index contributed by atoms with van der Waals surface area (Å²) >= 11 is 0. The van der Waals surface area contributed by atoms with Crippen LogP contribution in [0.2, 0.25) is 0 Å². The number of benzene rings is 1. The van der Waals surface area contributed by atoms with Crippen LogP contribution in [0.4, 0.5) is 11.4 Å². The quantitative estimate of drug-likeness (QED) is 0.629. The van der Waals surface area contributed by atoms with E-state index < -0.39 is 0 Å². The second kappa shape index (κ2) is 4.93. The normalized spacial score (nSPS) is 18.2. The summed E-state index contributed by atoms with van der Waals surface area (Å²) in [6, 6.07) is 3.18. The molecule has 7 heteroatoms. The molecule has 0 aliphatic carbocycles. The fourth-order valence-electron chi connectivity index (χ4n) is 2.37. The third kappa shape index (κ3) is 2.28. The molecule has 2 aliphatic heterocycles. The lowest BCUT2D eigenvalue weighted by atomic mass is 10.2. The number of ether oxygens (including phenoxy) is 2. The predicted molar refractivity (Wildman–Crippen MR) is 69.2 cm³/mol. The molecule has 2 aliphatic rings. The van der Waals surface area contributed by atoms with E-state index in [9.17, 15) is 10.1 Å². The van der Waals surface area contributed by atoms with Crippen molar-refractivity contribution in [2.24, 2.45) is 0 Å². The lowest BCUT2D eigenvalue weighted by Gasteiger charge is -2.30. The summed E-state index contributed by atoms with van der Waals surface area (Å²) in [7, 11) is 0. The average molecular weight is 265 g/mol. The monoisotopic (exact) mass is 265 g/mol. The maximum absolute atomic E-state index is 11.2. The van der Waals surface area contributed by atoms with Gasteiger partial charge in [0.2, 0.25) is 0 Å². The molecule has 19 heavy (non-hydrogen) atoms. The van der Waals surface area contributed by atoms with Crippen LogP contribution in [-0.2, 0) is 0 Å². The van der Waals surface area contributed by atoms with E-state index in [2.05, 4.69) is 5.32 Å². The maximum Gasteiger partial charge on any atom is 0.296 e. The Labute approximate surface area is 110 Å². The molecule has 0 spiro atoms. The molecule has 0 unspecified atom stereocenters. The highest BCUT2D eigenvalue weighted by Gasteiger charge is 2.26. The molecule has 1 aromatic rings. The molecule has 2 heterocycles. The zero-order valence-electron chi connectivity index (χ0n) is 10.4. The van der Waals surface area contributed by atoms with Gasteiger partial charge in [-0.1, -0.05) is 0 Å². The summed E-state index contributed by atoms with van der Waals surface area (Å²) in [5.41, 5.74) is 0.682. The first kappa shape index (κ1) is 12.0. The first-order valence-corrected chi connectivity index (χ1v) is 6.29. The van der Waals surface area contributed by atoms with Crippen molar-refractivity contribution in [3.8, 4) is 11.5 Å². The van der Waals surface area contributed by atoms with Crippen molar-refractivity contribution in [2.75, 3.05) is 44.3 Å². The van der Waals surface area contributed by atoms with Crippen molar-refractivity contribution in [1.82, 2.24) is 5.32 Å². The van der Waals surface area contributed by atoms with Crippen molar-refractivity contribution in [3.63, 3.8) is 0 Å². The van der Waals surface area contributed by atoms with Crippen LogP contribution in [0.15, 0.2) is 12.1 Å². The van der Waals surface area contributed by atoms with Crippen molar-refractivity contribution >= 4 is 11.4 Å². The van der Waals surface area contributed by atoms with Crippen LogP contribution in [0.25, 0.3) is 0 Å². The van der Waals surface area contributed by atoms with Crippen LogP contribution in [-0.4, -0.2) is 44.3 Å². The van der Waals surface area contributed by atoms with E-state index >= 15 is 0 Å². The Hall–Kier alpha value is -2.02. The summed E-state index contributed by atoms with van der Waals surface area (Å²) in [5, 5.41) is 14.4. The van der Waals surface area contributed by atoms with Crippen LogP contribution >= 0.6 is 0 Å². The second-order valence-electron chi connectivity index (χ2n) is 4.48. The fourth-order valence-corrected chi connectivity index (χ4v) is 2.37. The lowest BCUT2D eigenvalue weighted by Crippen LogP contribution is -2.43.